The second kappa shape index (κ2) is 22.3. The van der Waals surface area contributed by atoms with E-state index < -0.39 is 89.8 Å². The molecule has 8 amide bonds. The first-order valence-electron chi connectivity index (χ1n) is 24.7. The number of halogens is 2. The Morgan fingerprint density at radius 1 is 0.947 bits per heavy atom. The van der Waals surface area contributed by atoms with E-state index in [2.05, 4.69) is 27.8 Å². The van der Waals surface area contributed by atoms with Crippen LogP contribution in [0.4, 0.5) is 8.78 Å². The fourth-order valence-corrected chi connectivity index (χ4v) is 11.3. The summed E-state index contributed by atoms with van der Waals surface area (Å²) in [4.78, 5) is 130. The minimum absolute atomic E-state index is 0.00159. The number of imide groups is 2. The van der Waals surface area contributed by atoms with Gasteiger partial charge < -0.3 is 35.0 Å². The number of ether oxygens (including phenoxy) is 1. The molecule has 1 aromatic heterocycles. The summed E-state index contributed by atoms with van der Waals surface area (Å²) in [7, 11) is -5.86. The normalized spacial score (nSPS) is 20.6. The van der Waals surface area contributed by atoms with Crippen LogP contribution in [0.15, 0.2) is 72.8 Å². The molecular weight excluding hydrogens is 1010 g/mol. The highest BCUT2D eigenvalue weighted by atomic mass is 32.1. The van der Waals surface area contributed by atoms with Crippen molar-refractivity contribution in [3.05, 3.63) is 105 Å². The molecule has 2 unspecified atom stereocenters. The SMILES string of the molecule is CC(C)(C)C(NC(=O)c1cc2cc(C(F)(F)P(=O)(O)O)ccc2s1)C(=O)N1C[C@@H](OCC(=O)NCCCCC#Cc2cccc3c2C(=O)N(C2CCC(=O)NC2=O)C3=O)C[C@H]1C(=O)N1CCC[C@H](c2ccccc2)C1. The van der Waals surface area contributed by atoms with Crippen molar-refractivity contribution in [1.29, 1.82) is 0 Å². The van der Waals surface area contributed by atoms with Crippen molar-refractivity contribution >= 4 is 76.3 Å². The number of likely N-dealkylation sites (tertiary alicyclic amines) is 2. The van der Waals surface area contributed by atoms with Crippen molar-refractivity contribution in [2.24, 2.45) is 5.41 Å². The fraction of sp³-hybridized carbons (Fsp3) is 0.434. The van der Waals surface area contributed by atoms with Gasteiger partial charge in [-0.25, -0.2) is 0 Å². The Hall–Kier alpha value is -6.69. The number of fused-ring (bicyclic) bond motifs is 2. The number of nitrogens with zero attached hydrogens (tertiary/aromatic N) is 3. The number of rotatable bonds is 15. The third-order valence-electron chi connectivity index (χ3n) is 13.9. The van der Waals surface area contributed by atoms with Crippen LogP contribution in [-0.4, -0.2) is 129 Å². The average Bonchev–Trinajstić information content (AvgIpc) is 4.09. The van der Waals surface area contributed by atoms with E-state index in [0.717, 1.165) is 46.8 Å². The summed E-state index contributed by atoms with van der Waals surface area (Å²) in [5, 5.41) is 7.94. The maximum Gasteiger partial charge on any atom is 0.399 e. The van der Waals surface area contributed by atoms with E-state index in [1.165, 1.54) is 23.1 Å². The second-order valence-corrected chi connectivity index (χ2v) is 22.9. The van der Waals surface area contributed by atoms with E-state index >= 15 is 0 Å². The van der Waals surface area contributed by atoms with Gasteiger partial charge in [-0.05, 0) is 78.8 Å². The molecule has 5 N–H and O–H groups in total. The quantitative estimate of drug-likeness (QED) is 0.0435. The molecule has 0 spiro atoms. The number of nitrogens with one attached hydrogen (secondary N) is 3. The smallest absolute Gasteiger partial charge is 0.366 e. The van der Waals surface area contributed by atoms with E-state index in [-0.39, 0.29) is 72.2 Å². The number of unbranched alkanes of at least 4 members (excludes halogenated alkanes) is 2. The van der Waals surface area contributed by atoms with Gasteiger partial charge in [0, 0.05) is 67.2 Å². The van der Waals surface area contributed by atoms with Gasteiger partial charge in [0.05, 0.1) is 22.1 Å². The minimum Gasteiger partial charge on any atom is -0.366 e. The van der Waals surface area contributed by atoms with Crippen molar-refractivity contribution < 1.29 is 66.2 Å². The minimum atomic E-state index is -5.86. The Kier molecular flexibility index (Phi) is 16.2. The van der Waals surface area contributed by atoms with Crippen molar-refractivity contribution in [3.63, 3.8) is 0 Å². The molecule has 0 radical (unpaired) electrons. The first-order chi connectivity index (χ1) is 35.5. The first-order valence-corrected chi connectivity index (χ1v) is 27.1. The van der Waals surface area contributed by atoms with Crippen molar-refractivity contribution in [3.8, 4) is 11.8 Å². The van der Waals surface area contributed by atoms with Crippen molar-refractivity contribution in [2.45, 2.75) is 108 Å². The molecule has 22 heteroatoms. The van der Waals surface area contributed by atoms with Crippen molar-refractivity contribution in [1.82, 2.24) is 30.7 Å². The standard InChI is InChI=1S/C53H57F2N6O12PS/c1-52(2,3)45(58-47(65)41-26-34-25-35(19-21-40(34)75-41)53(54,55)74(70,71)72)51(69)60-29-36(27-39(60)49(67)59-24-12-17-33(28-59)31-13-8-6-9-14-31)73-30-43(63)56-23-10-5-4-7-15-32-16-11-18-37-44(32)50(68)61(48(37)66)38-20-22-42(62)57-46(38)64/h6,8-9,11,13-14,16,18-19,21,25-26,33,36,38-39,45H,4-5,10,12,17,20,22-24,27-30H2,1-3H3,(H,56,63)(H,58,65)(H,57,62,64)(H2,70,71,72)/t33-,36-,38?,39-,45?/m0/s1. The van der Waals surface area contributed by atoms with Gasteiger partial charge in [-0.1, -0.05) is 75.1 Å². The predicted molar refractivity (Wildman–Crippen MR) is 270 cm³/mol. The molecule has 4 aliphatic rings. The largest absolute Gasteiger partial charge is 0.399 e. The Labute approximate surface area is 435 Å². The van der Waals surface area contributed by atoms with E-state index in [9.17, 15) is 61.5 Å². The summed E-state index contributed by atoms with van der Waals surface area (Å²) < 4.78 is 47.2. The lowest BCUT2D eigenvalue weighted by Crippen LogP contribution is -2.58. The lowest BCUT2D eigenvalue weighted by Gasteiger charge is -2.38. The number of thiophene rings is 1. The first kappa shape index (κ1) is 54.6. The van der Waals surface area contributed by atoms with Gasteiger partial charge in [-0.15, -0.1) is 11.3 Å². The van der Waals surface area contributed by atoms with Crippen LogP contribution in [-0.2, 0) is 38.9 Å². The summed E-state index contributed by atoms with van der Waals surface area (Å²) in [6, 6.07) is 15.6. The van der Waals surface area contributed by atoms with Crippen molar-refractivity contribution in [2.75, 3.05) is 32.8 Å². The van der Waals surface area contributed by atoms with Gasteiger partial charge in [0.25, 0.3) is 17.7 Å². The highest BCUT2D eigenvalue weighted by Crippen LogP contribution is 2.59. The van der Waals surface area contributed by atoms with Crippen LogP contribution in [0.3, 0.4) is 0 Å². The van der Waals surface area contributed by atoms with Gasteiger partial charge in [0.1, 0.15) is 24.7 Å². The van der Waals surface area contributed by atoms with Crippen LogP contribution >= 0.6 is 18.9 Å². The zero-order valence-corrected chi connectivity index (χ0v) is 43.1. The monoisotopic (exact) mass is 1070 g/mol. The number of benzene rings is 3. The number of alkyl halides is 2. The zero-order chi connectivity index (χ0) is 54.0. The second-order valence-electron chi connectivity index (χ2n) is 20.2. The lowest BCUT2D eigenvalue weighted by molar-refractivity contribution is -0.147. The van der Waals surface area contributed by atoms with Gasteiger partial charge in [-0.2, -0.15) is 8.78 Å². The van der Waals surface area contributed by atoms with Crippen LogP contribution in [0.5, 0.6) is 0 Å². The lowest BCUT2D eigenvalue weighted by atomic mass is 9.85. The molecule has 3 saturated heterocycles. The highest BCUT2D eigenvalue weighted by molar-refractivity contribution is 7.52. The van der Waals surface area contributed by atoms with E-state index in [1.807, 2.05) is 30.3 Å². The predicted octanol–water partition coefficient (Wildman–Crippen LogP) is 5.40. The summed E-state index contributed by atoms with van der Waals surface area (Å²) in [5.74, 6) is 1.60. The number of carbonyl (C=O) groups is 8. The Morgan fingerprint density at radius 2 is 1.71 bits per heavy atom. The average molecular weight is 1070 g/mol. The number of hydrogen-bond acceptors (Lipinski definition) is 11. The summed E-state index contributed by atoms with van der Waals surface area (Å²) >= 11 is 0.940. The third-order valence-corrected chi connectivity index (χ3v) is 16.0. The van der Waals surface area contributed by atoms with Gasteiger partial charge in [-0.3, -0.25) is 53.1 Å². The van der Waals surface area contributed by atoms with Gasteiger partial charge >= 0.3 is 13.3 Å². The molecule has 18 nitrogen and oxygen atoms in total. The molecule has 0 bridgehead atoms. The number of hydrogen-bond donors (Lipinski definition) is 5. The molecule has 4 aromatic rings. The van der Waals surface area contributed by atoms with E-state index in [0.29, 0.717) is 42.6 Å². The molecule has 75 heavy (non-hydrogen) atoms. The maximum absolute atomic E-state index is 14.8. The maximum atomic E-state index is 14.8. The van der Waals surface area contributed by atoms with Crippen LogP contribution in [0.25, 0.3) is 10.1 Å². The highest BCUT2D eigenvalue weighted by Gasteiger charge is 2.51. The topological polar surface area (TPSA) is 249 Å². The molecular formula is C53H57F2N6O12PS. The number of piperidine rings is 2. The zero-order valence-electron chi connectivity index (χ0n) is 41.4. The molecule has 0 aliphatic carbocycles. The molecule has 0 saturated carbocycles. The number of carbonyl (C=O) groups excluding carboxylic acids is 8. The van der Waals surface area contributed by atoms with Gasteiger partial charge in [0.2, 0.25) is 29.5 Å². The van der Waals surface area contributed by atoms with Crippen LogP contribution in [0.1, 0.15) is 125 Å². The molecule has 396 valence electrons. The fourth-order valence-electron chi connectivity index (χ4n) is 9.90. The van der Waals surface area contributed by atoms with Crippen LogP contribution in [0.2, 0.25) is 0 Å². The molecule has 8 rings (SSSR count). The summed E-state index contributed by atoms with van der Waals surface area (Å²) in [5.41, 5.74) is -4.65. The third kappa shape index (κ3) is 11.9. The molecule has 5 atom stereocenters. The van der Waals surface area contributed by atoms with E-state index in [1.54, 1.807) is 37.8 Å². The Morgan fingerprint density at radius 3 is 2.43 bits per heavy atom. The molecule has 5 heterocycles. The van der Waals surface area contributed by atoms with Crippen LogP contribution in [0, 0.1) is 17.3 Å². The van der Waals surface area contributed by atoms with Crippen LogP contribution < -0.4 is 16.0 Å². The molecule has 3 fully saturated rings. The number of amides is 8. The summed E-state index contributed by atoms with van der Waals surface area (Å²) in [6.07, 6.45) is 2.46. The Balaban J connectivity index is 0.891. The Bertz CT molecular complexity index is 3060. The molecule has 4 aliphatic heterocycles. The molecule has 3 aromatic carbocycles. The summed E-state index contributed by atoms with van der Waals surface area (Å²) in [6.45, 7) is 5.95. The van der Waals surface area contributed by atoms with Gasteiger partial charge in [0.15, 0.2) is 0 Å². The van der Waals surface area contributed by atoms with E-state index in [4.69, 9.17) is 4.74 Å².